The van der Waals surface area contributed by atoms with Crippen LogP contribution < -0.4 is 0 Å². The van der Waals surface area contributed by atoms with Crippen LogP contribution in [0.4, 0.5) is 13.2 Å². The average molecular weight is 194 g/mol. The highest BCUT2D eigenvalue weighted by atomic mass is 19.4. The van der Waals surface area contributed by atoms with Gasteiger partial charge in [0.25, 0.3) is 0 Å². The lowest BCUT2D eigenvalue weighted by Crippen LogP contribution is -2.40. The molecule has 0 aromatic heterocycles. The van der Waals surface area contributed by atoms with Gasteiger partial charge in [-0.15, -0.1) is 0 Å². The largest absolute Gasteiger partial charge is 0.394 e. The third-order valence-corrected chi connectivity index (χ3v) is 3.62. The molecule has 0 saturated heterocycles. The Morgan fingerprint density at radius 3 is 2.00 bits per heavy atom. The van der Waals surface area contributed by atoms with E-state index in [0.717, 1.165) is 12.8 Å². The molecule has 0 aromatic carbocycles. The van der Waals surface area contributed by atoms with E-state index in [1.165, 1.54) is 0 Å². The van der Waals surface area contributed by atoms with Crippen LogP contribution in [0.2, 0.25) is 0 Å². The van der Waals surface area contributed by atoms with Crippen molar-refractivity contribution < 1.29 is 13.2 Å². The smallest absolute Gasteiger partial charge is 0.170 e. The molecule has 0 radical (unpaired) electrons. The highest BCUT2D eigenvalue weighted by molar-refractivity contribution is 4.94. The number of alkyl halides is 3. The zero-order chi connectivity index (χ0) is 10.1. The maximum Gasteiger partial charge on any atom is 0.394 e. The first-order chi connectivity index (χ1) is 5.94. The van der Waals surface area contributed by atoms with Crippen molar-refractivity contribution in [3.8, 4) is 0 Å². The van der Waals surface area contributed by atoms with Crippen LogP contribution in [0.1, 0.15) is 46.0 Å². The maximum atomic E-state index is 12.9. The van der Waals surface area contributed by atoms with E-state index in [0.29, 0.717) is 19.3 Å². The van der Waals surface area contributed by atoms with Crippen LogP contribution in [-0.2, 0) is 0 Å². The quantitative estimate of drug-likeness (QED) is 0.619. The summed E-state index contributed by atoms with van der Waals surface area (Å²) in [7, 11) is 0. The average Bonchev–Trinajstić information content (AvgIpc) is 2.50. The van der Waals surface area contributed by atoms with Gasteiger partial charge in [-0.3, -0.25) is 0 Å². The molecule has 1 aliphatic carbocycles. The van der Waals surface area contributed by atoms with Gasteiger partial charge in [0.15, 0.2) is 0 Å². The SMILES string of the molecule is CCC(C)C1(C(F)(F)F)CCCC1. The van der Waals surface area contributed by atoms with E-state index in [-0.39, 0.29) is 5.92 Å². The third-order valence-electron chi connectivity index (χ3n) is 3.62. The minimum Gasteiger partial charge on any atom is -0.170 e. The Hall–Kier alpha value is -0.210. The van der Waals surface area contributed by atoms with Crippen molar-refractivity contribution in [2.45, 2.75) is 52.1 Å². The molecule has 3 heteroatoms. The summed E-state index contributed by atoms with van der Waals surface area (Å²) in [5.41, 5.74) is -1.36. The topological polar surface area (TPSA) is 0 Å². The van der Waals surface area contributed by atoms with Gasteiger partial charge in [0.1, 0.15) is 0 Å². The fraction of sp³-hybridized carbons (Fsp3) is 1.00. The van der Waals surface area contributed by atoms with E-state index in [4.69, 9.17) is 0 Å². The van der Waals surface area contributed by atoms with Gasteiger partial charge in [-0.2, -0.15) is 13.2 Å². The van der Waals surface area contributed by atoms with Crippen molar-refractivity contribution >= 4 is 0 Å². The van der Waals surface area contributed by atoms with Crippen molar-refractivity contribution in [3.05, 3.63) is 0 Å². The van der Waals surface area contributed by atoms with Crippen LogP contribution in [0.15, 0.2) is 0 Å². The van der Waals surface area contributed by atoms with Gasteiger partial charge >= 0.3 is 6.18 Å². The van der Waals surface area contributed by atoms with Gasteiger partial charge < -0.3 is 0 Å². The molecular formula is C10H17F3. The lowest BCUT2D eigenvalue weighted by Gasteiger charge is -2.36. The first-order valence-corrected chi connectivity index (χ1v) is 5.01. The first-order valence-electron chi connectivity index (χ1n) is 5.01. The van der Waals surface area contributed by atoms with Gasteiger partial charge in [-0.1, -0.05) is 33.1 Å². The summed E-state index contributed by atoms with van der Waals surface area (Å²) >= 11 is 0. The molecule has 1 fully saturated rings. The monoisotopic (exact) mass is 194 g/mol. The van der Waals surface area contributed by atoms with Crippen LogP contribution in [0.3, 0.4) is 0 Å². The Labute approximate surface area is 77.5 Å². The van der Waals surface area contributed by atoms with E-state index < -0.39 is 11.6 Å². The van der Waals surface area contributed by atoms with E-state index in [9.17, 15) is 13.2 Å². The number of hydrogen-bond donors (Lipinski definition) is 0. The second kappa shape index (κ2) is 3.50. The summed E-state index contributed by atoms with van der Waals surface area (Å²) in [4.78, 5) is 0. The van der Waals surface area contributed by atoms with Gasteiger partial charge in [-0.25, -0.2) is 0 Å². The predicted octanol–water partition coefficient (Wildman–Crippen LogP) is 4.16. The summed E-state index contributed by atoms with van der Waals surface area (Å²) in [5.74, 6) is -0.227. The Kier molecular flexibility index (Phi) is 2.93. The van der Waals surface area contributed by atoms with E-state index in [1.807, 2.05) is 6.92 Å². The van der Waals surface area contributed by atoms with Crippen molar-refractivity contribution in [2.24, 2.45) is 11.3 Å². The Balaban J connectivity index is 2.87. The molecule has 0 N–H and O–H groups in total. The van der Waals surface area contributed by atoms with Crippen molar-refractivity contribution in [3.63, 3.8) is 0 Å². The summed E-state index contributed by atoms with van der Waals surface area (Å²) in [6, 6.07) is 0. The molecule has 1 rings (SSSR count). The summed E-state index contributed by atoms with van der Waals surface area (Å²) in [5, 5.41) is 0. The Bertz CT molecular complexity index is 165. The first kappa shape index (κ1) is 10.9. The minimum atomic E-state index is -4.00. The summed E-state index contributed by atoms with van der Waals surface area (Å²) in [6.45, 7) is 3.58. The molecule has 1 atom stereocenters. The Morgan fingerprint density at radius 2 is 1.69 bits per heavy atom. The van der Waals surface area contributed by atoms with Gasteiger partial charge in [0.2, 0.25) is 0 Å². The lowest BCUT2D eigenvalue weighted by atomic mass is 9.73. The lowest BCUT2D eigenvalue weighted by molar-refractivity contribution is -0.239. The molecule has 0 nitrogen and oxygen atoms in total. The highest BCUT2D eigenvalue weighted by Crippen LogP contribution is 2.55. The molecule has 0 heterocycles. The number of rotatable bonds is 2. The number of hydrogen-bond acceptors (Lipinski definition) is 0. The molecule has 0 aromatic rings. The molecule has 1 saturated carbocycles. The fourth-order valence-electron chi connectivity index (χ4n) is 2.45. The van der Waals surface area contributed by atoms with Gasteiger partial charge in [0.05, 0.1) is 5.41 Å². The molecule has 13 heavy (non-hydrogen) atoms. The highest BCUT2D eigenvalue weighted by Gasteiger charge is 2.57. The van der Waals surface area contributed by atoms with Crippen molar-refractivity contribution in [1.82, 2.24) is 0 Å². The van der Waals surface area contributed by atoms with E-state index >= 15 is 0 Å². The molecule has 0 bridgehead atoms. The van der Waals surface area contributed by atoms with Crippen LogP contribution >= 0.6 is 0 Å². The fourth-order valence-corrected chi connectivity index (χ4v) is 2.45. The van der Waals surface area contributed by atoms with Crippen molar-refractivity contribution in [2.75, 3.05) is 0 Å². The second-order valence-electron chi connectivity index (χ2n) is 4.17. The zero-order valence-electron chi connectivity index (χ0n) is 8.25. The summed E-state index contributed by atoms with van der Waals surface area (Å²) < 4.78 is 38.6. The van der Waals surface area contributed by atoms with Crippen LogP contribution in [0.5, 0.6) is 0 Å². The predicted molar refractivity (Wildman–Crippen MR) is 46.4 cm³/mol. The van der Waals surface area contributed by atoms with E-state index in [2.05, 4.69) is 0 Å². The van der Waals surface area contributed by atoms with Crippen LogP contribution in [0.25, 0.3) is 0 Å². The molecule has 1 unspecified atom stereocenters. The van der Waals surface area contributed by atoms with Gasteiger partial charge in [-0.05, 0) is 18.8 Å². The molecule has 78 valence electrons. The molecular weight excluding hydrogens is 177 g/mol. The molecule has 1 aliphatic rings. The second-order valence-corrected chi connectivity index (χ2v) is 4.17. The minimum absolute atomic E-state index is 0.227. The standard InChI is InChI=1S/C10H17F3/c1-3-8(2)9(10(11,12)13)6-4-5-7-9/h8H,3-7H2,1-2H3. The third kappa shape index (κ3) is 1.70. The van der Waals surface area contributed by atoms with Gasteiger partial charge in [0, 0.05) is 0 Å². The maximum absolute atomic E-state index is 12.9. The van der Waals surface area contributed by atoms with Crippen LogP contribution in [-0.4, -0.2) is 6.18 Å². The zero-order valence-corrected chi connectivity index (χ0v) is 8.25. The summed E-state index contributed by atoms with van der Waals surface area (Å²) in [6.07, 6.45) is -1.22. The Morgan fingerprint density at radius 1 is 1.23 bits per heavy atom. The number of halogens is 3. The van der Waals surface area contributed by atoms with E-state index in [1.54, 1.807) is 6.92 Å². The van der Waals surface area contributed by atoms with Crippen molar-refractivity contribution in [1.29, 1.82) is 0 Å². The molecule has 0 aliphatic heterocycles. The molecule has 0 amide bonds. The van der Waals surface area contributed by atoms with Crippen LogP contribution in [0, 0.1) is 11.3 Å². The molecule has 0 spiro atoms. The normalized spacial score (nSPS) is 24.7.